The lowest BCUT2D eigenvalue weighted by Crippen LogP contribution is -2.17. The van der Waals surface area contributed by atoms with Crippen molar-refractivity contribution in [1.29, 1.82) is 0 Å². The summed E-state index contributed by atoms with van der Waals surface area (Å²) in [5.41, 5.74) is 0.326. The van der Waals surface area contributed by atoms with Gasteiger partial charge >= 0.3 is 6.36 Å². The highest BCUT2D eigenvalue weighted by molar-refractivity contribution is 9.10. The number of hydrogen-bond acceptors (Lipinski definition) is 1. The van der Waals surface area contributed by atoms with Crippen LogP contribution in [0.1, 0.15) is 5.56 Å². The van der Waals surface area contributed by atoms with Crippen LogP contribution in [0.2, 0.25) is 0 Å². The Balaban J connectivity index is 3.03. The molecule has 1 nitrogen and oxygen atoms in total. The monoisotopic (exact) mass is 264 g/mol. The van der Waals surface area contributed by atoms with Crippen molar-refractivity contribution in [2.45, 2.75) is 6.36 Å². The molecule has 0 amide bonds. The van der Waals surface area contributed by atoms with Crippen molar-refractivity contribution in [2.24, 2.45) is 0 Å². The molecule has 0 aliphatic carbocycles. The van der Waals surface area contributed by atoms with Crippen LogP contribution in [0.25, 0.3) is 0 Å². The van der Waals surface area contributed by atoms with Gasteiger partial charge in [0.05, 0.1) is 4.47 Å². The summed E-state index contributed by atoms with van der Waals surface area (Å²) in [6.07, 6.45) is 0.318. The number of halogens is 4. The fourth-order valence-corrected chi connectivity index (χ4v) is 1.12. The average Bonchev–Trinajstić information content (AvgIpc) is 2.06. The van der Waals surface area contributed by atoms with E-state index in [0.29, 0.717) is 5.56 Å². The third-order valence-corrected chi connectivity index (χ3v) is 1.98. The Morgan fingerprint density at radius 2 is 2.00 bits per heavy atom. The second-order valence-electron chi connectivity index (χ2n) is 2.34. The molecule has 0 atom stereocenters. The quantitative estimate of drug-likeness (QED) is 0.707. The van der Waals surface area contributed by atoms with E-state index in [9.17, 15) is 13.2 Å². The second-order valence-corrected chi connectivity index (χ2v) is 3.19. The first-order valence-corrected chi connectivity index (χ1v) is 4.23. The Morgan fingerprint density at radius 3 is 2.50 bits per heavy atom. The number of ether oxygens (including phenoxy) is 1. The summed E-state index contributed by atoms with van der Waals surface area (Å²) in [5.74, 6) is 1.87. The van der Waals surface area contributed by atoms with Crippen LogP contribution in [0.5, 0.6) is 5.75 Å². The van der Waals surface area contributed by atoms with Gasteiger partial charge in [-0.05, 0) is 34.1 Å². The van der Waals surface area contributed by atoms with E-state index in [-0.39, 0.29) is 10.2 Å². The van der Waals surface area contributed by atoms with Gasteiger partial charge in [0.25, 0.3) is 0 Å². The smallest absolute Gasteiger partial charge is 0.405 e. The summed E-state index contributed by atoms with van der Waals surface area (Å²) in [6.45, 7) is 0. The number of rotatable bonds is 1. The van der Waals surface area contributed by atoms with Gasteiger partial charge in [-0.1, -0.05) is 5.92 Å². The van der Waals surface area contributed by atoms with Crippen LogP contribution in [-0.4, -0.2) is 6.36 Å². The number of hydrogen-bond donors (Lipinski definition) is 0. The predicted octanol–water partition coefficient (Wildman–Crippen LogP) is 3.33. The summed E-state index contributed by atoms with van der Waals surface area (Å²) in [4.78, 5) is 0. The van der Waals surface area contributed by atoms with Crippen molar-refractivity contribution in [1.82, 2.24) is 0 Å². The van der Waals surface area contributed by atoms with Gasteiger partial charge < -0.3 is 4.74 Å². The minimum absolute atomic E-state index is 0.203. The van der Waals surface area contributed by atoms with E-state index in [4.69, 9.17) is 6.42 Å². The lowest BCUT2D eigenvalue weighted by atomic mass is 10.2. The number of benzene rings is 1. The zero-order valence-corrected chi connectivity index (χ0v) is 8.32. The molecular formula is C9H4BrF3O. The first-order chi connectivity index (χ1) is 6.42. The molecule has 0 spiro atoms. The van der Waals surface area contributed by atoms with Crippen LogP contribution in [0.3, 0.4) is 0 Å². The highest BCUT2D eigenvalue weighted by atomic mass is 79.9. The molecule has 0 fully saturated rings. The second kappa shape index (κ2) is 3.93. The molecule has 74 valence electrons. The molecule has 5 heteroatoms. The van der Waals surface area contributed by atoms with Crippen molar-refractivity contribution in [3.63, 3.8) is 0 Å². The topological polar surface area (TPSA) is 9.23 Å². The third-order valence-electron chi connectivity index (χ3n) is 1.32. The molecule has 1 rings (SSSR count). The van der Waals surface area contributed by atoms with E-state index in [1.807, 2.05) is 0 Å². The van der Waals surface area contributed by atoms with Crippen LogP contribution in [-0.2, 0) is 0 Å². The molecular weight excluding hydrogens is 261 g/mol. The fourth-order valence-electron chi connectivity index (χ4n) is 0.796. The predicted molar refractivity (Wildman–Crippen MR) is 48.8 cm³/mol. The lowest BCUT2D eigenvalue weighted by molar-refractivity contribution is -0.274. The normalized spacial score (nSPS) is 10.8. The van der Waals surface area contributed by atoms with E-state index in [2.05, 4.69) is 26.6 Å². The van der Waals surface area contributed by atoms with Crippen LogP contribution in [0.4, 0.5) is 13.2 Å². The van der Waals surface area contributed by atoms with Crippen molar-refractivity contribution in [3.05, 3.63) is 28.2 Å². The van der Waals surface area contributed by atoms with Gasteiger partial charge in [0.15, 0.2) is 0 Å². The summed E-state index contributed by atoms with van der Waals surface area (Å²) in [7, 11) is 0. The molecule has 0 radical (unpaired) electrons. The summed E-state index contributed by atoms with van der Waals surface area (Å²) >= 11 is 2.92. The van der Waals surface area contributed by atoms with Crippen LogP contribution >= 0.6 is 15.9 Å². The maximum Gasteiger partial charge on any atom is 0.573 e. The lowest BCUT2D eigenvalue weighted by Gasteiger charge is -2.10. The van der Waals surface area contributed by atoms with Gasteiger partial charge in [-0.3, -0.25) is 0 Å². The third kappa shape index (κ3) is 2.96. The average molecular weight is 265 g/mol. The first kappa shape index (κ1) is 10.9. The minimum Gasteiger partial charge on any atom is -0.405 e. The Hall–Kier alpha value is -1.15. The molecule has 0 saturated carbocycles. The van der Waals surface area contributed by atoms with Crippen molar-refractivity contribution < 1.29 is 17.9 Å². The molecule has 0 saturated heterocycles. The molecule has 0 aliphatic heterocycles. The minimum atomic E-state index is -4.71. The van der Waals surface area contributed by atoms with Gasteiger partial charge in [-0.15, -0.1) is 19.6 Å². The standard InChI is InChI=1S/C9H4BrF3O/c1-2-6-3-4-7(10)8(5-6)14-9(11,12)13/h1,3-5H. The highest BCUT2D eigenvalue weighted by Gasteiger charge is 2.31. The highest BCUT2D eigenvalue weighted by Crippen LogP contribution is 2.30. The van der Waals surface area contributed by atoms with E-state index >= 15 is 0 Å². The first-order valence-electron chi connectivity index (χ1n) is 3.44. The van der Waals surface area contributed by atoms with E-state index in [0.717, 1.165) is 6.07 Å². The van der Waals surface area contributed by atoms with Crippen LogP contribution in [0, 0.1) is 12.3 Å². The molecule has 0 aromatic heterocycles. The molecule has 1 aromatic rings. The molecule has 0 unspecified atom stereocenters. The van der Waals surface area contributed by atoms with Gasteiger partial charge in [0, 0.05) is 5.56 Å². The molecule has 0 heterocycles. The van der Waals surface area contributed by atoms with E-state index in [1.54, 1.807) is 0 Å². The largest absolute Gasteiger partial charge is 0.573 e. The number of terminal acetylenes is 1. The van der Waals surface area contributed by atoms with Crippen LogP contribution in [0.15, 0.2) is 22.7 Å². The van der Waals surface area contributed by atoms with Gasteiger partial charge in [0.2, 0.25) is 0 Å². The van der Waals surface area contributed by atoms with Crippen molar-refractivity contribution in [3.8, 4) is 18.1 Å². The van der Waals surface area contributed by atoms with Gasteiger partial charge in [-0.25, -0.2) is 0 Å². The zero-order chi connectivity index (χ0) is 10.8. The van der Waals surface area contributed by atoms with Crippen molar-refractivity contribution >= 4 is 15.9 Å². The summed E-state index contributed by atoms with van der Waals surface area (Å²) < 4.78 is 39.5. The Bertz CT molecular complexity index is 379. The fraction of sp³-hybridized carbons (Fsp3) is 0.111. The molecule has 0 bridgehead atoms. The van der Waals surface area contributed by atoms with Crippen LogP contribution < -0.4 is 4.74 Å². The van der Waals surface area contributed by atoms with Gasteiger partial charge in [0.1, 0.15) is 5.75 Å². The Labute approximate surface area is 87.0 Å². The molecule has 14 heavy (non-hydrogen) atoms. The maximum absolute atomic E-state index is 11.9. The summed E-state index contributed by atoms with van der Waals surface area (Å²) in [5, 5.41) is 0. The van der Waals surface area contributed by atoms with Crippen molar-refractivity contribution in [2.75, 3.05) is 0 Å². The molecule has 0 aliphatic rings. The van der Waals surface area contributed by atoms with E-state index in [1.165, 1.54) is 12.1 Å². The Morgan fingerprint density at radius 1 is 1.36 bits per heavy atom. The van der Waals surface area contributed by atoms with E-state index < -0.39 is 6.36 Å². The Kier molecular flexibility index (Phi) is 3.06. The SMILES string of the molecule is C#Cc1ccc(Br)c(OC(F)(F)F)c1. The summed E-state index contributed by atoms with van der Waals surface area (Å²) in [6, 6.07) is 4.04. The number of alkyl halides is 3. The molecule has 1 aromatic carbocycles. The maximum atomic E-state index is 11.9. The zero-order valence-electron chi connectivity index (χ0n) is 6.73. The van der Waals surface area contributed by atoms with Gasteiger partial charge in [-0.2, -0.15) is 0 Å². The molecule has 0 N–H and O–H groups in total.